The first-order valence-electron chi connectivity index (χ1n) is 8.48. The molecule has 0 aliphatic carbocycles. The molecule has 1 amide bonds. The summed E-state index contributed by atoms with van der Waals surface area (Å²) in [6.07, 6.45) is 3.18. The van der Waals surface area contributed by atoms with Crippen molar-refractivity contribution in [3.63, 3.8) is 0 Å². The van der Waals surface area contributed by atoms with Crippen LogP contribution in [0.25, 0.3) is 11.5 Å². The van der Waals surface area contributed by atoms with E-state index in [1.807, 2.05) is 0 Å². The van der Waals surface area contributed by atoms with Gasteiger partial charge in [-0.25, -0.2) is 13.5 Å². The number of amides is 1. The lowest BCUT2D eigenvalue weighted by Gasteiger charge is -2.32. The number of piperidine rings is 1. The van der Waals surface area contributed by atoms with Gasteiger partial charge in [-0.2, -0.15) is 4.98 Å². The first-order chi connectivity index (χ1) is 13.0. The third-order valence-corrected chi connectivity index (χ3v) is 4.48. The van der Waals surface area contributed by atoms with E-state index < -0.39 is 17.5 Å². The molecule has 1 saturated heterocycles. The minimum Gasteiger partial charge on any atom is -0.339 e. The first kappa shape index (κ1) is 17.3. The fourth-order valence-electron chi connectivity index (χ4n) is 3.15. The Morgan fingerprint density at radius 2 is 2.19 bits per heavy atom. The van der Waals surface area contributed by atoms with Crippen molar-refractivity contribution >= 4 is 5.91 Å². The third kappa shape index (κ3) is 3.42. The van der Waals surface area contributed by atoms with Crippen LogP contribution in [0.1, 0.15) is 35.1 Å². The lowest BCUT2D eigenvalue weighted by atomic mass is 10.0. The van der Waals surface area contributed by atoms with E-state index in [1.165, 1.54) is 4.90 Å². The fraction of sp³-hybridized carbons (Fsp3) is 0.353. The highest BCUT2D eigenvalue weighted by atomic mass is 19.1. The Hall–Kier alpha value is -3.17. The summed E-state index contributed by atoms with van der Waals surface area (Å²) in [4.78, 5) is 18.2. The van der Waals surface area contributed by atoms with Gasteiger partial charge in [0.25, 0.3) is 5.91 Å². The average Bonchev–Trinajstić information content (AvgIpc) is 3.32. The maximum atomic E-state index is 13.9. The van der Waals surface area contributed by atoms with Gasteiger partial charge < -0.3 is 9.42 Å². The normalized spacial score (nSPS) is 17.3. The van der Waals surface area contributed by atoms with Crippen LogP contribution < -0.4 is 0 Å². The van der Waals surface area contributed by atoms with Crippen molar-refractivity contribution in [1.82, 2.24) is 30.0 Å². The molecule has 0 unspecified atom stereocenters. The van der Waals surface area contributed by atoms with E-state index in [-0.39, 0.29) is 11.6 Å². The standard InChI is InChI=1S/C17H16F2N6O2/c1-10-20-16(22-27-10)15-9-25(23-21-15)12-3-2-6-24(8-12)17(26)13-7-11(18)4-5-14(13)19/h4-5,7,9,12H,2-3,6,8H2,1H3/t12-/m1/s1. The Labute approximate surface area is 152 Å². The molecule has 3 aromatic rings. The SMILES string of the molecule is Cc1nc(-c2cn([C@@H]3CCCN(C(=O)c4cc(F)ccc4F)C3)nn2)no1. The molecule has 1 aliphatic heterocycles. The average molecular weight is 374 g/mol. The van der Waals surface area contributed by atoms with Crippen LogP contribution in [-0.4, -0.2) is 49.0 Å². The van der Waals surface area contributed by atoms with Gasteiger partial charge in [0.1, 0.15) is 11.6 Å². The lowest BCUT2D eigenvalue weighted by Crippen LogP contribution is -2.41. The molecule has 0 bridgehead atoms. The Kier molecular flexibility index (Phi) is 4.38. The number of benzene rings is 1. The highest BCUT2D eigenvalue weighted by Gasteiger charge is 2.28. The molecular formula is C17H16F2N6O2. The van der Waals surface area contributed by atoms with Crippen LogP contribution in [0.5, 0.6) is 0 Å². The number of nitrogens with zero attached hydrogens (tertiary/aromatic N) is 6. The van der Waals surface area contributed by atoms with Crippen LogP contribution >= 0.6 is 0 Å². The number of halogens is 2. The Morgan fingerprint density at radius 1 is 1.33 bits per heavy atom. The van der Waals surface area contributed by atoms with Gasteiger partial charge in [0, 0.05) is 20.0 Å². The van der Waals surface area contributed by atoms with Crippen molar-refractivity contribution in [3.8, 4) is 11.5 Å². The van der Waals surface area contributed by atoms with Crippen LogP contribution in [0.3, 0.4) is 0 Å². The highest BCUT2D eigenvalue weighted by molar-refractivity contribution is 5.94. The van der Waals surface area contributed by atoms with E-state index in [2.05, 4.69) is 20.5 Å². The zero-order valence-corrected chi connectivity index (χ0v) is 14.5. The number of likely N-dealkylation sites (tertiary alicyclic amines) is 1. The van der Waals surface area contributed by atoms with E-state index in [9.17, 15) is 13.6 Å². The topological polar surface area (TPSA) is 89.9 Å². The summed E-state index contributed by atoms with van der Waals surface area (Å²) < 4.78 is 33.9. The van der Waals surface area contributed by atoms with Gasteiger partial charge in [0.2, 0.25) is 11.7 Å². The zero-order chi connectivity index (χ0) is 19.0. The number of aromatic nitrogens is 5. The Balaban J connectivity index is 1.52. The van der Waals surface area contributed by atoms with Crippen molar-refractivity contribution in [3.05, 3.63) is 47.5 Å². The van der Waals surface area contributed by atoms with Crippen molar-refractivity contribution < 1.29 is 18.1 Å². The summed E-state index contributed by atoms with van der Waals surface area (Å²) in [6, 6.07) is 2.74. The maximum absolute atomic E-state index is 13.9. The molecule has 0 N–H and O–H groups in total. The minimum absolute atomic E-state index is 0.131. The molecule has 3 heterocycles. The van der Waals surface area contributed by atoms with Gasteiger partial charge in [0.15, 0.2) is 5.69 Å². The summed E-state index contributed by atoms with van der Waals surface area (Å²) in [6.45, 7) is 2.47. The molecule has 1 aliphatic rings. The third-order valence-electron chi connectivity index (χ3n) is 4.48. The van der Waals surface area contributed by atoms with E-state index in [0.717, 1.165) is 24.6 Å². The summed E-state index contributed by atoms with van der Waals surface area (Å²) in [7, 11) is 0. The smallest absolute Gasteiger partial charge is 0.257 e. The van der Waals surface area contributed by atoms with Crippen molar-refractivity contribution in [2.24, 2.45) is 0 Å². The number of hydrogen-bond donors (Lipinski definition) is 0. The summed E-state index contributed by atoms with van der Waals surface area (Å²) in [5.41, 5.74) is 0.198. The molecule has 1 fully saturated rings. The van der Waals surface area contributed by atoms with Crippen molar-refractivity contribution in [2.75, 3.05) is 13.1 Å². The van der Waals surface area contributed by atoms with Gasteiger partial charge in [0.05, 0.1) is 17.8 Å². The van der Waals surface area contributed by atoms with Gasteiger partial charge in [-0.15, -0.1) is 5.10 Å². The number of aryl methyl sites for hydroxylation is 1. The molecule has 4 rings (SSSR count). The molecule has 10 heteroatoms. The van der Waals surface area contributed by atoms with Crippen molar-refractivity contribution in [1.29, 1.82) is 0 Å². The second kappa shape index (κ2) is 6.86. The largest absolute Gasteiger partial charge is 0.339 e. The lowest BCUT2D eigenvalue weighted by molar-refractivity contribution is 0.0666. The van der Waals surface area contributed by atoms with Crippen molar-refractivity contribution in [2.45, 2.75) is 25.8 Å². The van der Waals surface area contributed by atoms with Gasteiger partial charge >= 0.3 is 0 Å². The molecule has 2 aromatic heterocycles. The zero-order valence-electron chi connectivity index (χ0n) is 14.5. The highest BCUT2D eigenvalue weighted by Crippen LogP contribution is 2.24. The maximum Gasteiger partial charge on any atom is 0.257 e. The molecule has 0 spiro atoms. The molecule has 1 aromatic carbocycles. The Bertz CT molecular complexity index is 985. The van der Waals surface area contributed by atoms with Crippen LogP contribution in [-0.2, 0) is 0 Å². The monoisotopic (exact) mass is 374 g/mol. The Morgan fingerprint density at radius 3 is 2.96 bits per heavy atom. The van der Waals surface area contributed by atoms with Gasteiger partial charge in [-0.1, -0.05) is 10.4 Å². The van der Waals surface area contributed by atoms with Crippen LogP contribution in [0.2, 0.25) is 0 Å². The van der Waals surface area contributed by atoms with E-state index in [0.29, 0.717) is 36.9 Å². The quantitative estimate of drug-likeness (QED) is 0.699. The van der Waals surface area contributed by atoms with E-state index in [4.69, 9.17) is 4.52 Å². The van der Waals surface area contributed by atoms with E-state index in [1.54, 1.807) is 17.8 Å². The molecule has 140 valence electrons. The summed E-state index contributed by atoms with van der Waals surface area (Å²) in [5.74, 6) is -1.16. The van der Waals surface area contributed by atoms with Crippen LogP contribution in [0.15, 0.2) is 28.9 Å². The van der Waals surface area contributed by atoms with Gasteiger partial charge in [-0.3, -0.25) is 4.79 Å². The molecule has 27 heavy (non-hydrogen) atoms. The van der Waals surface area contributed by atoms with Crippen LogP contribution in [0, 0.1) is 18.6 Å². The van der Waals surface area contributed by atoms with Gasteiger partial charge in [-0.05, 0) is 31.0 Å². The molecule has 1 atom stereocenters. The first-order valence-corrected chi connectivity index (χ1v) is 8.48. The van der Waals surface area contributed by atoms with E-state index >= 15 is 0 Å². The molecule has 8 nitrogen and oxygen atoms in total. The number of hydrogen-bond acceptors (Lipinski definition) is 6. The fourth-order valence-corrected chi connectivity index (χ4v) is 3.15. The summed E-state index contributed by atoms with van der Waals surface area (Å²) in [5, 5.41) is 11.9. The second-order valence-electron chi connectivity index (χ2n) is 6.39. The number of carbonyl (C=O) groups excluding carboxylic acids is 1. The predicted octanol–water partition coefficient (Wildman–Crippen LogP) is 2.39. The number of rotatable bonds is 3. The molecular weight excluding hydrogens is 358 g/mol. The number of carbonyl (C=O) groups is 1. The predicted molar refractivity (Wildman–Crippen MR) is 88.6 cm³/mol. The molecule has 0 saturated carbocycles. The van der Waals surface area contributed by atoms with Crippen LogP contribution in [0.4, 0.5) is 8.78 Å². The summed E-state index contributed by atoms with van der Waals surface area (Å²) >= 11 is 0. The molecule has 0 radical (unpaired) electrons. The minimum atomic E-state index is -0.737. The second-order valence-corrected chi connectivity index (χ2v) is 6.39.